The molecule has 21 heavy (non-hydrogen) atoms. The maximum Gasteiger partial charge on any atom is 0.243 e. The van der Waals surface area contributed by atoms with E-state index in [1.807, 2.05) is 0 Å². The molecule has 2 aliphatic heterocycles. The molecule has 1 aliphatic carbocycles. The Morgan fingerprint density at radius 3 is 2.81 bits per heavy atom. The second-order valence-corrected chi connectivity index (χ2v) is 7.00. The normalized spacial score (nSPS) is 33.0. The molecule has 1 aromatic rings. The van der Waals surface area contributed by atoms with Crippen molar-refractivity contribution in [2.75, 3.05) is 19.6 Å². The number of aryl methyl sites for hydroxylation is 1. The number of nitrogens with one attached hydrogen (secondary N) is 1. The molecule has 3 atom stereocenters. The van der Waals surface area contributed by atoms with E-state index < -0.39 is 5.54 Å². The SMILES string of the molecule is Cc1ccccc1[C@@H]1[C@H]2CNC[C@H]2CN1C(=O)C1(N)CC1. The van der Waals surface area contributed by atoms with Gasteiger partial charge in [-0.2, -0.15) is 0 Å². The van der Waals surface area contributed by atoms with Crippen LogP contribution in [-0.4, -0.2) is 36.0 Å². The molecule has 3 N–H and O–H groups in total. The summed E-state index contributed by atoms with van der Waals surface area (Å²) in [7, 11) is 0. The summed E-state index contributed by atoms with van der Waals surface area (Å²) in [6, 6.07) is 8.66. The number of likely N-dealkylation sites (tertiary alicyclic amines) is 1. The summed E-state index contributed by atoms with van der Waals surface area (Å²) in [6.07, 6.45) is 1.69. The number of benzene rings is 1. The Hall–Kier alpha value is -1.39. The summed E-state index contributed by atoms with van der Waals surface area (Å²) in [6.45, 7) is 5.02. The summed E-state index contributed by atoms with van der Waals surface area (Å²) in [5, 5.41) is 3.49. The largest absolute Gasteiger partial charge is 0.333 e. The van der Waals surface area contributed by atoms with E-state index in [9.17, 15) is 4.79 Å². The van der Waals surface area contributed by atoms with Gasteiger partial charge in [-0.05, 0) is 36.8 Å². The minimum Gasteiger partial charge on any atom is -0.333 e. The van der Waals surface area contributed by atoms with Gasteiger partial charge in [0.15, 0.2) is 0 Å². The highest BCUT2D eigenvalue weighted by Gasteiger charge is 2.54. The van der Waals surface area contributed by atoms with E-state index >= 15 is 0 Å². The number of rotatable bonds is 2. The standard InChI is InChI=1S/C17H23N3O/c1-11-4-2-3-5-13(11)15-14-9-19-8-12(14)10-20(15)16(21)17(18)6-7-17/h2-5,12,14-15,19H,6-10,18H2,1H3/t12-,14-,15+/m0/s1. The lowest BCUT2D eigenvalue weighted by Gasteiger charge is -2.31. The number of nitrogens with zero attached hydrogens (tertiary/aromatic N) is 1. The minimum absolute atomic E-state index is 0.171. The average molecular weight is 285 g/mol. The van der Waals surface area contributed by atoms with Gasteiger partial charge >= 0.3 is 0 Å². The van der Waals surface area contributed by atoms with Crippen LogP contribution >= 0.6 is 0 Å². The molecule has 0 spiro atoms. The molecular formula is C17H23N3O. The zero-order chi connectivity index (χ0) is 14.6. The lowest BCUT2D eigenvalue weighted by molar-refractivity contribution is -0.135. The predicted molar refractivity (Wildman–Crippen MR) is 81.6 cm³/mol. The van der Waals surface area contributed by atoms with Gasteiger partial charge in [-0.25, -0.2) is 0 Å². The van der Waals surface area contributed by atoms with Gasteiger partial charge in [-0.15, -0.1) is 0 Å². The molecule has 4 heteroatoms. The zero-order valence-electron chi connectivity index (χ0n) is 12.5. The van der Waals surface area contributed by atoms with E-state index in [1.165, 1.54) is 11.1 Å². The van der Waals surface area contributed by atoms with Gasteiger partial charge in [-0.1, -0.05) is 24.3 Å². The topological polar surface area (TPSA) is 58.4 Å². The van der Waals surface area contributed by atoms with Crippen molar-refractivity contribution in [3.8, 4) is 0 Å². The number of carbonyl (C=O) groups is 1. The number of carbonyl (C=O) groups excluding carboxylic acids is 1. The minimum atomic E-state index is -0.562. The monoisotopic (exact) mass is 285 g/mol. The first-order chi connectivity index (χ1) is 10.1. The second-order valence-electron chi connectivity index (χ2n) is 7.00. The van der Waals surface area contributed by atoms with Gasteiger partial charge in [0.25, 0.3) is 0 Å². The van der Waals surface area contributed by atoms with Crippen molar-refractivity contribution in [1.82, 2.24) is 10.2 Å². The molecule has 4 nitrogen and oxygen atoms in total. The molecule has 1 aromatic carbocycles. The van der Waals surface area contributed by atoms with Crippen LogP contribution in [0.3, 0.4) is 0 Å². The Balaban J connectivity index is 1.72. The van der Waals surface area contributed by atoms with Crippen LogP contribution in [0.25, 0.3) is 0 Å². The smallest absolute Gasteiger partial charge is 0.243 e. The van der Waals surface area contributed by atoms with E-state index in [4.69, 9.17) is 5.73 Å². The fraction of sp³-hybridized carbons (Fsp3) is 0.588. The van der Waals surface area contributed by atoms with Crippen molar-refractivity contribution < 1.29 is 4.79 Å². The summed E-state index contributed by atoms with van der Waals surface area (Å²) in [5.74, 6) is 1.27. The summed E-state index contributed by atoms with van der Waals surface area (Å²) in [5.41, 5.74) is 8.20. The van der Waals surface area contributed by atoms with Crippen LogP contribution in [0.1, 0.15) is 30.0 Å². The third-order valence-corrected chi connectivity index (χ3v) is 5.55. The molecular weight excluding hydrogens is 262 g/mol. The molecule has 3 aliphatic rings. The first kappa shape index (κ1) is 13.3. The molecule has 1 saturated carbocycles. The zero-order valence-corrected chi connectivity index (χ0v) is 12.5. The van der Waals surface area contributed by atoms with Crippen LogP contribution in [0.4, 0.5) is 0 Å². The molecule has 2 heterocycles. The molecule has 4 rings (SSSR count). The summed E-state index contributed by atoms with van der Waals surface area (Å²) in [4.78, 5) is 14.9. The van der Waals surface area contributed by atoms with Gasteiger partial charge in [0, 0.05) is 25.6 Å². The molecule has 1 amide bonds. The van der Waals surface area contributed by atoms with Crippen molar-refractivity contribution in [2.24, 2.45) is 17.6 Å². The number of nitrogens with two attached hydrogens (primary N) is 1. The Labute approximate surface area is 125 Å². The van der Waals surface area contributed by atoms with Crippen molar-refractivity contribution in [3.63, 3.8) is 0 Å². The van der Waals surface area contributed by atoms with E-state index in [1.54, 1.807) is 0 Å². The maximum absolute atomic E-state index is 12.8. The summed E-state index contributed by atoms with van der Waals surface area (Å²) < 4.78 is 0. The van der Waals surface area contributed by atoms with Crippen LogP contribution in [0.2, 0.25) is 0 Å². The molecule has 3 fully saturated rings. The maximum atomic E-state index is 12.8. The van der Waals surface area contributed by atoms with Crippen molar-refractivity contribution in [2.45, 2.75) is 31.3 Å². The second kappa shape index (κ2) is 4.55. The quantitative estimate of drug-likeness (QED) is 0.858. The molecule has 0 bridgehead atoms. The Morgan fingerprint density at radius 2 is 2.10 bits per heavy atom. The van der Waals surface area contributed by atoms with Gasteiger partial charge < -0.3 is 16.0 Å². The third kappa shape index (κ3) is 2.00. The van der Waals surface area contributed by atoms with Gasteiger partial charge in [0.05, 0.1) is 11.6 Å². The highest BCUT2D eigenvalue weighted by molar-refractivity contribution is 5.89. The Bertz CT molecular complexity index is 581. The van der Waals surface area contributed by atoms with Crippen LogP contribution in [-0.2, 0) is 4.79 Å². The van der Waals surface area contributed by atoms with E-state index in [0.29, 0.717) is 11.8 Å². The highest BCUT2D eigenvalue weighted by atomic mass is 16.2. The van der Waals surface area contributed by atoms with Crippen molar-refractivity contribution >= 4 is 5.91 Å². The fourth-order valence-corrected chi connectivity index (χ4v) is 4.08. The van der Waals surface area contributed by atoms with Crippen LogP contribution < -0.4 is 11.1 Å². The Kier molecular flexibility index (Phi) is 2.88. The van der Waals surface area contributed by atoms with E-state index in [0.717, 1.165) is 32.5 Å². The molecule has 0 radical (unpaired) electrons. The average Bonchev–Trinajstić information content (AvgIpc) is 2.93. The predicted octanol–water partition coefficient (Wildman–Crippen LogP) is 1.21. The first-order valence-electron chi connectivity index (χ1n) is 7.96. The number of amides is 1. The third-order valence-electron chi connectivity index (χ3n) is 5.55. The van der Waals surface area contributed by atoms with Gasteiger partial charge in [0.1, 0.15) is 0 Å². The summed E-state index contributed by atoms with van der Waals surface area (Å²) >= 11 is 0. The first-order valence-corrected chi connectivity index (χ1v) is 7.96. The van der Waals surface area contributed by atoms with Gasteiger partial charge in [0.2, 0.25) is 5.91 Å². The number of hydrogen-bond donors (Lipinski definition) is 2. The molecule has 2 saturated heterocycles. The van der Waals surface area contributed by atoms with Crippen molar-refractivity contribution in [3.05, 3.63) is 35.4 Å². The molecule has 0 unspecified atom stereocenters. The Morgan fingerprint density at radius 1 is 1.33 bits per heavy atom. The lowest BCUT2D eigenvalue weighted by Crippen LogP contribution is -2.46. The van der Waals surface area contributed by atoms with E-state index in [-0.39, 0.29) is 11.9 Å². The van der Waals surface area contributed by atoms with E-state index in [2.05, 4.69) is 41.4 Å². The fourth-order valence-electron chi connectivity index (χ4n) is 4.08. The van der Waals surface area contributed by atoms with Crippen LogP contribution in [0, 0.1) is 18.8 Å². The van der Waals surface area contributed by atoms with Crippen LogP contribution in [0.5, 0.6) is 0 Å². The van der Waals surface area contributed by atoms with Crippen LogP contribution in [0.15, 0.2) is 24.3 Å². The lowest BCUT2D eigenvalue weighted by atomic mass is 9.87. The molecule has 112 valence electrons. The number of fused-ring (bicyclic) bond motifs is 1. The molecule has 0 aromatic heterocycles. The van der Waals surface area contributed by atoms with Crippen molar-refractivity contribution in [1.29, 1.82) is 0 Å². The van der Waals surface area contributed by atoms with Gasteiger partial charge in [-0.3, -0.25) is 4.79 Å². The highest BCUT2D eigenvalue weighted by Crippen LogP contribution is 2.46. The number of hydrogen-bond acceptors (Lipinski definition) is 3.